The highest BCUT2D eigenvalue weighted by molar-refractivity contribution is 6.15. The topological polar surface area (TPSA) is 84.7 Å². The first kappa shape index (κ1) is 22.7. The molecule has 0 aliphatic rings. The quantitative estimate of drug-likeness (QED) is 0.599. The molecule has 5 heteroatoms. The molecule has 4 nitrogen and oxygen atoms in total. The van der Waals surface area contributed by atoms with Gasteiger partial charge in [0.2, 0.25) is 0 Å². The smallest absolute Gasteiger partial charge is 0.0662 e. The third-order valence-electron chi connectivity index (χ3n) is 0.508. The molecule has 0 rings (SSSR count). The monoisotopic (exact) mass is 203 g/mol. The molecule has 0 fully saturated rings. The molecule has 0 bridgehead atoms. The lowest BCUT2D eigenvalue weighted by Gasteiger charge is -1.86. The van der Waals surface area contributed by atoms with Gasteiger partial charge in [-0.15, -0.1) is 11.6 Å². The van der Waals surface area contributed by atoms with Crippen molar-refractivity contribution in [2.24, 2.45) is 0 Å². The Hall–Kier alpha value is 0.130. The molecule has 0 heterocycles. The van der Waals surface area contributed by atoms with Crippen molar-refractivity contribution in [2.45, 2.75) is 13.8 Å². The van der Waals surface area contributed by atoms with Crippen LogP contribution in [0.25, 0.3) is 0 Å². The fourth-order valence-corrected chi connectivity index (χ4v) is 0.204. The minimum atomic E-state index is -0.125. The average molecular weight is 204 g/mol. The molecular formula is C7H22ClNO3. The average Bonchev–Trinajstić information content (AvgIpc) is 2.10. The molecule has 0 saturated heterocycles. The molecule has 0 unspecified atom stereocenters. The Labute approximate surface area is 80.1 Å². The van der Waals surface area contributed by atoms with Crippen LogP contribution in [0.15, 0.2) is 0 Å². The zero-order valence-electron chi connectivity index (χ0n) is 8.22. The van der Waals surface area contributed by atoms with Crippen molar-refractivity contribution >= 4 is 11.6 Å². The van der Waals surface area contributed by atoms with E-state index in [0.717, 1.165) is 13.2 Å². The number of aliphatic hydroxyl groups excluding tert-OH is 2. The Morgan fingerprint density at radius 1 is 1.00 bits per heavy atom. The van der Waals surface area contributed by atoms with E-state index in [9.17, 15) is 0 Å². The number of aliphatic hydroxyl groups is 2. The van der Waals surface area contributed by atoms with Crippen LogP contribution in [0.4, 0.5) is 0 Å². The van der Waals surface area contributed by atoms with Gasteiger partial charge in [0, 0.05) is 19.6 Å². The molecule has 0 saturated carbocycles. The minimum absolute atomic E-state index is 0. The van der Waals surface area contributed by atoms with E-state index < -0.39 is 0 Å². The summed E-state index contributed by atoms with van der Waals surface area (Å²) >= 11 is 4.64. The molecule has 0 amide bonds. The number of hydrogen-bond acceptors (Lipinski definition) is 4. The summed E-state index contributed by atoms with van der Waals surface area (Å²) in [6.07, 6.45) is 1.47. The summed E-state index contributed by atoms with van der Waals surface area (Å²) < 4.78 is 4.83. The zero-order chi connectivity index (χ0) is 9.54. The van der Waals surface area contributed by atoms with E-state index >= 15 is 0 Å². The van der Waals surface area contributed by atoms with Crippen molar-refractivity contribution in [3.63, 3.8) is 0 Å². The predicted octanol–water partition coefficient (Wildman–Crippen LogP) is 1.03. The molecule has 0 aromatic heterocycles. The second-order valence-electron chi connectivity index (χ2n) is 1.23. The molecule has 0 radical (unpaired) electrons. The molecule has 12 heavy (non-hydrogen) atoms. The van der Waals surface area contributed by atoms with Gasteiger partial charge in [-0.25, -0.2) is 0 Å². The molecular weight excluding hydrogens is 182 g/mol. The molecule has 5 N–H and O–H groups in total. The van der Waals surface area contributed by atoms with E-state index in [1.807, 2.05) is 13.8 Å². The largest absolute Gasteiger partial charge is 0.394 e. The van der Waals surface area contributed by atoms with Crippen molar-refractivity contribution < 1.29 is 14.9 Å². The number of alkyl halides is 1. The molecule has 0 aliphatic carbocycles. The fourth-order valence-electron chi connectivity index (χ4n) is 0.204. The maximum atomic E-state index is 7.62. The van der Waals surface area contributed by atoms with Gasteiger partial charge >= 0.3 is 0 Å². The first-order chi connectivity index (χ1) is 5.33. The highest BCUT2D eigenvalue weighted by Gasteiger charge is 1.64. The van der Waals surface area contributed by atoms with Crippen LogP contribution in [0, 0.1) is 0 Å². The van der Waals surface area contributed by atoms with Gasteiger partial charge < -0.3 is 21.1 Å². The number of hydrogen-bond donors (Lipinski definition) is 3. The van der Waals surface area contributed by atoms with Crippen LogP contribution in [0.1, 0.15) is 13.8 Å². The van der Waals surface area contributed by atoms with Crippen LogP contribution >= 0.6 is 11.6 Å². The normalized spacial score (nSPS) is 6.50. The Morgan fingerprint density at radius 3 is 1.25 bits per heavy atom. The maximum Gasteiger partial charge on any atom is 0.0662 e. The summed E-state index contributed by atoms with van der Waals surface area (Å²) in [5.74, 6) is 0. The van der Waals surface area contributed by atoms with Crippen LogP contribution in [0.2, 0.25) is 0 Å². The van der Waals surface area contributed by atoms with Crippen LogP contribution in [-0.4, -0.2) is 43.0 Å². The summed E-state index contributed by atoms with van der Waals surface area (Å²) in [6, 6.07) is 0. The second-order valence-corrected chi connectivity index (χ2v) is 1.23. The summed E-state index contributed by atoms with van der Waals surface area (Å²) in [7, 11) is 0. The molecule has 80 valence electrons. The van der Waals surface area contributed by atoms with Gasteiger partial charge in [0.1, 0.15) is 0 Å². The van der Waals surface area contributed by atoms with Crippen molar-refractivity contribution in [1.82, 2.24) is 6.15 Å². The highest BCUT2D eigenvalue weighted by atomic mass is 35.5. The molecule has 0 atom stereocenters. The van der Waals surface area contributed by atoms with E-state index in [4.69, 9.17) is 14.9 Å². The molecule has 0 aromatic carbocycles. The number of ether oxygens (including phenoxy) is 1. The summed E-state index contributed by atoms with van der Waals surface area (Å²) in [6.45, 7) is 5.42. The number of rotatable bonds is 3. The molecule has 0 spiro atoms. The SMILES string of the molecule is CCOCC.CCl.N.OCCO. The van der Waals surface area contributed by atoms with Gasteiger partial charge in [-0.3, -0.25) is 0 Å². The van der Waals surface area contributed by atoms with E-state index in [-0.39, 0.29) is 19.4 Å². The van der Waals surface area contributed by atoms with E-state index in [2.05, 4.69) is 11.6 Å². The van der Waals surface area contributed by atoms with E-state index in [0.29, 0.717) is 0 Å². The molecule has 0 aliphatic heterocycles. The first-order valence-corrected chi connectivity index (χ1v) is 4.26. The summed E-state index contributed by atoms with van der Waals surface area (Å²) in [5, 5.41) is 15.2. The lowest BCUT2D eigenvalue weighted by molar-refractivity contribution is 0.162. The third-order valence-corrected chi connectivity index (χ3v) is 0.508. The Balaban J connectivity index is -0.0000000419. The van der Waals surface area contributed by atoms with Crippen LogP contribution in [-0.2, 0) is 4.74 Å². The van der Waals surface area contributed by atoms with Crippen LogP contribution in [0.5, 0.6) is 0 Å². The summed E-state index contributed by atoms with van der Waals surface area (Å²) in [4.78, 5) is 0. The van der Waals surface area contributed by atoms with E-state index in [1.165, 1.54) is 6.38 Å². The number of halogens is 1. The van der Waals surface area contributed by atoms with Gasteiger partial charge in [-0.1, -0.05) is 0 Å². The lowest BCUT2D eigenvalue weighted by atomic mass is 10.8. The van der Waals surface area contributed by atoms with Gasteiger partial charge in [0.05, 0.1) is 13.2 Å². The predicted molar refractivity (Wildman–Crippen MR) is 53.1 cm³/mol. The van der Waals surface area contributed by atoms with Gasteiger partial charge in [-0.05, 0) is 13.8 Å². The Kier molecular flexibility index (Phi) is 82.2. The molecule has 0 aromatic rings. The Morgan fingerprint density at radius 2 is 1.25 bits per heavy atom. The minimum Gasteiger partial charge on any atom is -0.394 e. The van der Waals surface area contributed by atoms with E-state index in [1.54, 1.807) is 0 Å². The highest BCUT2D eigenvalue weighted by Crippen LogP contribution is 1.64. The first-order valence-electron chi connectivity index (χ1n) is 3.50. The van der Waals surface area contributed by atoms with Gasteiger partial charge in [-0.2, -0.15) is 0 Å². The van der Waals surface area contributed by atoms with Crippen molar-refractivity contribution in [3.8, 4) is 0 Å². The van der Waals surface area contributed by atoms with Crippen LogP contribution in [0.3, 0.4) is 0 Å². The fraction of sp³-hybridized carbons (Fsp3) is 1.00. The van der Waals surface area contributed by atoms with Crippen molar-refractivity contribution in [1.29, 1.82) is 0 Å². The Bertz CT molecular complexity index is 37.8. The second kappa shape index (κ2) is 43.4. The van der Waals surface area contributed by atoms with Crippen LogP contribution < -0.4 is 6.15 Å². The maximum absolute atomic E-state index is 7.62. The zero-order valence-corrected chi connectivity index (χ0v) is 8.97. The van der Waals surface area contributed by atoms with Gasteiger partial charge in [0.15, 0.2) is 0 Å². The summed E-state index contributed by atoms with van der Waals surface area (Å²) in [5.41, 5.74) is 0. The third kappa shape index (κ3) is 86.2. The lowest BCUT2D eigenvalue weighted by Crippen LogP contribution is -1.85. The van der Waals surface area contributed by atoms with Crippen molar-refractivity contribution in [3.05, 3.63) is 0 Å². The van der Waals surface area contributed by atoms with Crippen molar-refractivity contribution in [2.75, 3.05) is 32.8 Å². The van der Waals surface area contributed by atoms with Gasteiger partial charge in [0.25, 0.3) is 0 Å². The standard InChI is InChI=1S/C4H10O.C2H6O2.CH3Cl.H3N/c1-3-5-4-2;3-1-2-4;1-2;/h3-4H2,1-2H3;3-4H,1-2H2;1H3;1H3.